The number of nitrogens with zero attached hydrogens (tertiary/aromatic N) is 2. The largest absolute Gasteiger partial charge is 0.379 e. The molecule has 0 bridgehead atoms. The molecule has 2 amide bonds. The third kappa shape index (κ3) is 6.43. The summed E-state index contributed by atoms with van der Waals surface area (Å²) in [5.74, 6) is 0. The SMILES string of the molecule is Cl.O=C(NCc1ccccc1)N(CCN1CCOCC1)C1CCCNC1. The summed E-state index contributed by atoms with van der Waals surface area (Å²) in [6, 6.07) is 10.4. The summed E-state index contributed by atoms with van der Waals surface area (Å²) in [7, 11) is 0. The number of morpholine rings is 1. The van der Waals surface area contributed by atoms with E-state index in [2.05, 4.69) is 15.5 Å². The first kappa shape index (κ1) is 21.0. The molecule has 1 atom stereocenters. The average molecular weight is 383 g/mol. The van der Waals surface area contributed by atoms with Crippen LogP contribution in [0.25, 0.3) is 0 Å². The number of amides is 2. The van der Waals surface area contributed by atoms with Gasteiger partial charge in [0.2, 0.25) is 0 Å². The Balaban J connectivity index is 0.00000243. The van der Waals surface area contributed by atoms with Crippen molar-refractivity contribution in [2.75, 3.05) is 52.5 Å². The first-order valence-corrected chi connectivity index (χ1v) is 9.42. The summed E-state index contributed by atoms with van der Waals surface area (Å²) in [5, 5.41) is 6.53. The molecule has 0 aromatic heterocycles. The Kier molecular flexibility index (Phi) is 9.18. The van der Waals surface area contributed by atoms with Crippen LogP contribution in [0.1, 0.15) is 18.4 Å². The molecule has 2 aliphatic heterocycles. The van der Waals surface area contributed by atoms with Gasteiger partial charge >= 0.3 is 6.03 Å². The lowest BCUT2D eigenvalue weighted by molar-refractivity contribution is 0.0327. The second kappa shape index (κ2) is 11.4. The molecule has 2 heterocycles. The van der Waals surface area contributed by atoms with Crippen LogP contribution in [0.4, 0.5) is 4.79 Å². The molecule has 0 spiro atoms. The van der Waals surface area contributed by atoms with E-state index < -0.39 is 0 Å². The normalized spacial score (nSPS) is 20.8. The van der Waals surface area contributed by atoms with Crippen LogP contribution in [-0.2, 0) is 11.3 Å². The first-order chi connectivity index (χ1) is 12.3. The van der Waals surface area contributed by atoms with Crippen LogP contribution in [0.5, 0.6) is 0 Å². The topological polar surface area (TPSA) is 56.8 Å². The Hall–Kier alpha value is -1.34. The zero-order valence-electron chi connectivity index (χ0n) is 15.4. The summed E-state index contributed by atoms with van der Waals surface area (Å²) in [6.45, 7) is 7.72. The number of nitrogens with one attached hydrogen (secondary N) is 2. The van der Waals surface area contributed by atoms with E-state index in [9.17, 15) is 4.79 Å². The van der Waals surface area contributed by atoms with Gasteiger partial charge in [0.15, 0.2) is 0 Å². The van der Waals surface area contributed by atoms with E-state index in [0.29, 0.717) is 6.54 Å². The minimum atomic E-state index is 0. The van der Waals surface area contributed by atoms with E-state index in [1.54, 1.807) is 0 Å². The van der Waals surface area contributed by atoms with Gasteiger partial charge in [-0.05, 0) is 24.9 Å². The number of carbonyl (C=O) groups excluding carboxylic acids is 1. The van der Waals surface area contributed by atoms with Crippen LogP contribution in [0.3, 0.4) is 0 Å². The number of benzene rings is 1. The maximum Gasteiger partial charge on any atom is 0.318 e. The molecular weight excluding hydrogens is 352 g/mol. The summed E-state index contributed by atoms with van der Waals surface area (Å²) >= 11 is 0. The number of hydrogen-bond acceptors (Lipinski definition) is 4. The smallest absolute Gasteiger partial charge is 0.318 e. The van der Waals surface area contributed by atoms with Crippen molar-refractivity contribution in [1.82, 2.24) is 20.4 Å². The van der Waals surface area contributed by atoms with Gasteiger partial charge in [-0.1, -0.05) is 30.3 Å². The standard InChI is InChI=1S/C19H30N4O2.ClH/c24-19(21-15-17-5-2-1-3-6-17)23(18-7-4-8-20-16-18)10-9-22-11-13-25-14-12-22;/h1-3,5-6,18,20H,4,7-16H2,(H,21,24);1H. The van der Waals surface area contributed by atoms with Crippen molar-refractivity contribution in [1.29, 1.82) is 0 Å². The van der Waals surface area contributed by atoms with Gasteiger partial charge < -0.3 is 20.3 Å². The molecule has 2 fully saturated rings. The molecular formula is C19H31ClN4O2. The van der Waals surface area contributed by atoms with Crippen LogP contribution < -0.4 is 10.6 Å². The highest BCUT2D eigenvalue weighted by atomic mass is 35.5. The van der Waals surface area contributed by atoms with E-state index in [-0.39, 0.29) is 24.5 Å². The molecule has 7 heteroatoms. The van der Waals surface area contributed by atoms with Gasteiger partial charge in [0.1, 0.15) is 0 Å². The quantitative estimate of drug-likeness (QED) is 0.786. The van der Waals surface area contributed by atoms with E-state index >= 15 is 0 Å². The number of piperidine rings is 1. The molecule has 26 heavy (non-hydrogen) atoms. The summed E-state index contributed by atoms with van der Waals surface area (Å²) in [6.07, 6.45) is 2.21. The fourth-order valence-corrected chi connectivity index (χ4v) is 3.50. The maximum atomic E-state index is 12.8. The molecule has 2 saturated heterocycles. The van der Waals surface area contributed by atoms with Crippen molar-refractivity contribution in [3.63, 3.8) is 0 Å². The molecule has 0 aliphatic carbocycles. The number of hydrogen-bond donors (Lipinski definition) is 2. The second-order valence-electron chi connectivity index (χ2n) is 6.79. The summed E-state index contributed by atoms with van der Waals surface area (Å²) < 4.78 is 5.41. The van der Waals surface area contributed by atoms with Crippen LogP contribution in [0.15, 0.2) is 30.3 Å². The maximum absolute atomic E-state index is 12.8. The Morgan fingerprint density at radius 3 is 2.73 bits per heavy atom. The van der Waals surface area contributed by atoms with Gasteiger partial charge in [-0.15, -0.1) is 12.4 Å². The van der Waals surface area contributed by atoms with Gasteiger partial charge in [0.25, 0.3) is 0 Å². The van der Waals surface area contributed by atoms with Crippen LogP contribution >= 0.6 is 12.4 Å². The third-order valence-corrected chi connectivity index (χ3v) is 5.02. The monoisotopic (exact) mass is 382 g/mol. The van der Waals surface area contributed by atoms with Crippen molar-refractivity contribution in [2.24, 2.45) is 0 Å². The molecule has 0 radical (unpaired) electrons. The zero-order chi connectivity index (χ0) is 17.3. The van der Waals surface area contributed by atoms with E-state index in [1.165, 1.54) is 0 Å². The summed E-state index contributed by atoms with van der Waals surface area (Å²) in [5.41, 5.74) is 1.13. The molecule has 146 valence electrons. The molecule has 6 nitrogen and oxygen atoms in total. The number of halogens is 1. The van der Waals surface area contributed by atoms with E-state index in [0.717, 1.165) is 70.9 Å². The Labute approximate surface area is 162 Å². The zero-order valence-corrected chi connectivity index (χ0v) is 16.2. The molecule has 1 aromatic rings. The van der Waals surface area contributed by atoms with Crippen molar-refractivity contribution in [3.8, 4) is 0 Å². The van der Waals surface area contributed by atoms with Crippen LogP contribution in [-0.4, -0.2) is 74.4 Å². The van der Waals surface area contributed by atoms with E-state index in [1.807, 2.05) is 35.2 Å². The van der Waals surface area contributed by atoms with Crippen molar-refractivity contribution in [2.45, 2.75) is 25.4 Å². The molecule has 3 rings (SSSR count). The fourth-order valence-electron chi connectivity index (χ4n) is 3.50. The van der Waals surface area contributed by atoms with E-state index in [4.69, 9.17) is 4.74 Å². The van der Waals surface area contributed by atoms with Crippen molar-refractivity contribution < 1.29 is 9.53 Å². The Bertz CT molecular complexity index is 520. The number of carbonyl (C=O) groups is 1. The summed E-state index contributed by atoms with van der Waals surface area (Å²) in [4.78, 5) is 17.3. The highest BCUT2D eigenvalue weighted by Crippen LogP contribution is 2.12. The van der Waals surface area contributed by atoms with Gasteiger partial charge in [-0.25, -0.2) is 4.79 Å². The van der Waals surface area contributed by atoms with Crippen LogP contribution in [0, 0.1) is 0 Å². The molecule has 1 aromatic carbocycles. The molecule has 1 unspecified atom stereocenters. The lowest BCUT2D eigenvalue weighted by Crippen LogP contribution is -2.54. The number of ether oxygens (including phenoxy) is 1. The Morgan fingerprint density at radius 1 is 1.27 bits per heavy atom. The minimum absolute atomic E-state index is 0. The number of urea groups is 1. The lowest BCUT2D eigenvalue weighted by atomic mass is 10.1. The lowest BCUT2D eigenvalue weighted by Gasteiger charge is -2.36. The van der Waals surface area contributed by atoms with Crippen molar-refractivity contribution in [3.05, 3.63) is 35.9 Å². The minimum Gasteiger partial charge on any atom is -0.379 e. The highest BCUT2D eigenvalue weighted by Gasteiger charge is 2.25. The predicted octanol–water partition coefficient (Wildman–Crippen LogP) is 1.70. The molecule has 2 N–H and O–H groups in total. The van der Waals surface area contributed by atoms with Gasteiger partial charge in [0.05, 0.1) is 13.2 Å². The second-order valence-corrected chi connectivity index (χ2v) is 6.79. The highest BCUT2D eigenvalue weighted by molar-refractivity contribution is 5.85. The number of rotatable bonds is 6. The molecule has 0 saturated carbocycles. The third-order valence-electron chi connectivity index (χ3n) is 5.02. The van der Waals surface area contributed by atoms with Gasteiger partial charge in [0, 0.05) is 45.3 Å². The average Bonchev–Trinajstić information content (AvgIpc) is 2.69. The molecule has 2 aliphatic rings. The van der Waals surface area contributed by atoms with Crippen molar-refractivity contribution >= 4 is 18.4 Å². The fraction of sp³-hybridized carbons (Fsp3) is 0.632. The first-order valence-electron chi connectivity index (χ1n) is 9.42. The van der Waals surface area contributed by atoms with Gasteiger partial charge in [-0.2, -0.15) is 0 Å². The van der Waals surface area contributed by atoms with Crippen LogP contribution in [0.2, 0.25) is 0 Å². The Morgan fingerprint density at radius 2 is 2.04 bits per heavy atom. The predicted molar refractivity (Wildman–Crippen MR) is 106 cm³/mol. The van der Waals surface area contributed by atoms with Gasteiger partial charge in [-0.3, -0.25) is 4.90 Å².